The lowest BCUT2D eigenvalue weighted by Crippen LogP contribution is -2.58. The number of carbonyl (C=O) groups excluding carboxylic acids is 1. The Bertz CT molecular complexity index is 357. The number of hydrogen-bond donors (Lipinski definition) is 3. The van der Waals surface area contributed by atoms with Crippen molar-refractivity contribution in [3.05, 3.63) is 4.91 Å². The largest absolute Gasteiger partial charge is 0.388 e. The molecule has 1 saturated heterocycles. The van der Waals surface area contributed by atoms with E-state index in [4.69, 9.17) is 21.1 Å². The molecule has 1 aliphatic heterocycles. The van der Waals surface area contributed by atoms with E-state index in [0.29, 0.717) is 5.01 Å². The first-order valence-electron chi connectivity index (χ1n) is 6.38. The van der Waals surface area contributed by atoms with E-state index in [0.717, 1.165) is 0 Å². The summed E-state index contributed by atoms with van der Waals surface area (Å²) in [5, 5.41) is 32.3. The molecular weight excluding hydrogens is 308 g/mol. The molecule has 1 amide bonds. The number of alkyl halides is 1. The number of ether oxygens (including phenoxy) is 2. The summed E-state index contributed by atoms with van der Waals surface area (Å²) in [4.78, 5) is 22.2. The molecule has 1 rings (SSSR count). The molecule has 0 aromatic heterocycles. The molecule has 0 aromatic carbocycles. The lowest BCUT2D eigenvalue weighted by atomic mass is 9.96. The van der Waals surface area contributed by atoms with Gasteiger partial charge in [0.15, 0.2) is 6.29 Å². The van der Waals surface area contributed by atoms with E-state index < -0.39 is 36.6 Å². The molecular formula is C11H19ClN2O7. The quantitative estimate of drug-likeness (QED) is 0.310. The van der Waals surface area contributed by atoms with Crippen LogP contribution in [0.2, 0.25) is 0 Å². The summed E-state index contributed by atoms with van der Waals surface area (Å²) in [6.45, 7) is -0.0139. The Kier molecular flexibility index (Phi) is 7.43. The van der Waals surface area contributed by atoms with E-state index >= 15 is 0 Å². The first-order valence-corrected chi connectivity index (χ1v) is 6.91. The summed E-state index contributed by atoms with van der Waals surface area (Å²) in [6, 6.07) is 0. The van der Waals surface area contributed by atoms with Crippen molar-refractivity contribution in [1.82, 2.24) is 5.01 Å². The fourth-order valence-corrected chi connectivity index (χ4v) is 2.20. The van der Waals surface area contributed by atoms with E-state index in [2.05, 4.69) is 5.29 Å². The molecule has 0 aromatic rings. The Morgan fingerprint density at radius 2 is 2.00 bits per heavy atom. The highest BCUT2D eigenvalue weighted by Gasteiger charge is 2.43. The summed E-state index contributed by atoms with van der Waals surface area (Å²) >= 11 is 5.43. The van der Waals surface area contributed by atoms with Crippen LogP contribution in [0.5, 0.6) is 0 Å². The summed E-state index contributed by atoms with van der Waals surface area (Å²) < 4.78 is 10.1. The molecule has 1 heterocycles. The van der Waals surface area contributed by atoms with Gasteiger partial charge < -0.3 is 24.8 Å². The van der Waals surface area contributed by atoms with E-state index in [9.17, 15) is 25.0 Å². The Morgan fingerprint density at radius 1 is 1.33 bits per heavy atom. The summed E-state index contributed by atoms with van der Waals surface area (Å²) in [5.74, 6) is -0.507. The molecule has 0 bridgehead atoms. The number of nitroso groups, excluding NO2 is 1. The second-order valence-corrected chi connectivity index (χ2v) is 4.95. The molecule has 0 saturated carbocycles. The minimum atomic E-state index is -1.45. The minimum absolute atomic E-state index is 0.0139. The van der Waals surface area contributed by atoms with Crippen molar-refractivity contribution in [2.75, 3.05) is 19.5 Å². The standard InChI is InChI=1S/C11H19ClN2O7/c1-20-11-10(18)9(17)8(16)6(21-11)2-3-7(15)14(13-19)5-4-12/h6,8-11,16-18H,2-5H2,1H3/t6?,8-,9-,10?,11+/m1/s1. The predicted octanol–water partition coefficient (Wildman–Crippen LogP) is -1.03. The van der Waals surface area contributed by atoms with Gasteiger partial charge in [-0.1, -0.05) is 0 Å². The highest BCUT2D eigenvalue weighted by atomic mass is 35.5. The van der Waals surface area contributed by atoms with Crippen LogP contribution >= 0.6 is 11.6 Å². The van der Waals surface area contributed by atoms with Gasteiger partial charge in [0, 0.05) is 19.4 Å². The Balaban J connectivity index is 2.57. The molecule has 5 atom stereocenters. The van der Waals surface area contributed by atoms with Crippen molar-refractivity contribution < 1.29 is 29.6 Å². The van der Waals surface area contributed by atoms with Gasteiger partial charge in [-0.2, -0.15) is 5.01 Å². The first-order chi connectivity index (χ1) is 9.96. The normalized spacial score (nSPS) is 32.7. The number of amides is 1. The summed E-state index contributed by atoms with van der Waals surface area (Å²) in [6.07, 6.45) is -6.34. The number of halogens is 1. The molecule has 2 unspecified atom stereocenters. The molecule has 0 spiro atoms. The molecule has 0 aliphatic carbocycles. The van der Waals surface area contributed by atoms with Gasteiger partial charge in [0.2, 0.25) is 5.91 Å². The number of aliphatic hydroxyl groups excluding tert-OH is 3. The molecule has 1 fully saturated rings. The number of aliphatic hydroxyl groups is 3. The van der Waals surface area contributed by atoms with Crippen LogP contribution < -0.4 is 0 Å². The van der Waals surface area contributed by atoms with E-state index in [1.807, 2.05) is 0 Å². The molecule has 1 aliphatic rings. The highest BCUT2D eigenvalue weighted by Crippen LogP contribution is 2.24. The van der Waals surface area contributed by atoms with Crippen LogP contribution in [0.3, 0.4) is 0 Å². The smallest absolute Gasteiger partial charge is 0.245 e. The fraction of sp³-hybridized carbons (Fsp3) is 0.909. The maximum absolute atomic E-state index is 11.7. The van der Waals surface area contributed by atoms with Gasteiger partial charge in [-0.25, -0.2) is 0 Å². The van der Waals surface area contributed by atoms with Gasteiger partial charge in [-0.3, -0.25) is 4.79 Å². The number of rotatable bonds is 7. The second kappa shape index (κ2) is 8.57. The van der Waals surface area contributed by atoms with Crippen molar-refractivity contribution >= 4 is 17.5 Å². The van der Waals surface area contributed by atoms with Gasteiger partial charge in [-0.15, -0.1) is 16.5 Å². The SMILES string of the molecule is CO[C@H]1OC(CCC(=O)N(CCCl)N=O)[C@@H](O)[C@@H](O)C1O. The molecule has 10 heteroatoms. The lowest BCUT2D eigenvalue weighted by Gasteiger charge is -2.39. The molecule has 3 N–H and O–H groups in total. The molecule has 21 heavy (non-hydrogen) atoms. The van der Waals surface area contributed by atoms with Crippen molar-refractivity contribution in [2.45, 2.75) is 43.5 Å². The van der Waals surface area contributed by atoms with Crippen LogP contribution in [0, 0.1) is 4.91 Å². The number of nitrogens with zero attached hydrogens (tertiary/aromatic N) is 2. The zero-order chi connectivity index (χ0) is 16.0. The van der Waals surface area contributed by atoms with Crippen molar-refractivity contribution in [2.24, 2.45) is 5.29 Å². The minimum Gasteiger partial charge on any atom is -0.388 e. The Morgan fingerprint density at radius 3 is 2.52 bits per heavy atom. The van der Waals surface area contributed by atoms with E-state index in [1.165, 1.54) is 7.11 Å². The van der Waals surface area contributed by atoms with Crippen molar-refractivity contribution in [3.8, 4) is 0 Å². The van der Waals surface area contributed by atoms with Crippen molar-refractivity contribution in [1.29, 1.82) is 0 Å². The first kappa shape index (κ1) is 18.2. The van der Waals surface area contributed by atoms with Crippen molar-refractivity contribution in [3.63, 3.8) is 0 Å². The third kappa shape index (κ3) is 4.56. The highest BCUT2D eigenvalue weighted by molar-refractivity contribution is 6.18. The average Bonchev–Trinajstić information content (AvgIpc) is 2.49. The molecule has 0 radical (unpaired) electrons. The lowest BCUT2D eigenvalue weighted by molar-refractivity contribution is -0.290. The molecule has 9 nitrogen and oxygen atoms in total. The Hall–Kier alpha value is -0.840. The van der Waals surface area contributed by atoms with Gasteiger partial charge in [-0.05, 0) is 6.42 Å². The number of methoxy groups -OCH3 is 1. The van der Waals surface area contributed by atoms with Crippen LogP contribution in [0.4, 0.5) is 0 Å². The Labute approximate surface area is 126 Å². The zero-order valence-corrected chi connectivity index (χ0v) is 12.2. The van der Waals surface area contributed by atoms with Crippen LogP contribution in [0.15, 0.2) is 5.29 Å². The maximum atomic E-state index is 11.7. The third-order valence-electron chi connectivity index (χ3n) is 3.23. The topological polar surface area (TPSA) is 129 Å². The third-order valence-corrected chi connectivity index (χ3v) is 3.40. The van der Waals surface area contributed by atoms with Gasteiger partial charge in [0.05, 0.1) is 17.9 Å². The van der Waals surface area contributed by atoms with Gasteiger partial charge in [0.1, 0.15) is 18.3 Å². The maximum Gasteiger partial charge on any atom is 0.245 e. The van der Waals surface area contributed by atoms with Gasteiger partial charge >= 0.3 is 0 Å². The van der Waals surface area contributed by atoms with E-state index in [-0.39, 0.29) is 25.3 Å². The van der Waals surface area contributed by atoms with E-state index in [1.54, 1.807) is 0 Å². The monoisotopic (exact) mass is 326 g/mol. The van der Waals surface area contributed by atoms with Crippen LogP contribution in [-0.2, 0) is 14.3 Å². The average molecular weight is 327 g/mol. The zero-order valence-electron chi connectivity index (χ0n) is 11.5. The van der Waals surface area contributed by atoms with Crippen LogP contribution in [-0.4, -0.2) is 76.5 Å². The summed E-state index contributed by atoms with van der Waals surface area (Å²) in [5.41, 5.74) is 0. The number of carbonyl (C=O) groups is 1. The number of hydrogen-bond acceptors (Lipinski definition) is 8. The second-order valence-electron chi connectivity index (χ2n) is 4.58. The van der Waals surface area contributed by atoms with Crippen LogP contribution in [0.25, 0.3) is 0 Å². The summed E-state index contributed by atoms with van der Waals surface area (Å²) in [7, 11) is 1.28. The fourth-order valence-electron chi connectivity index (χ4n) is 2.04. The predicted molar refractivity (Wildman–Crippen MR) is 71.2 cm³/mol. The van der Waals surface area contributed by atoms with Gasteiger partial charge in [0.25, 0.3) is 0 Å². The molecule has 122 valence electrons. The van der Waals surface area contributed by atoms with Crippen LogP contribution in [0.1, 0.15) is 12.8 Å².